The Bertz CT molecular complexity index is 419. The van der Waals surface area contributed by atoms with Gasteiger partial charge in [-0.05, 0) is 44.4 Å². The first-order valence-corrected chi connectivity index (χ1v) is 9.26. The third-order valence-electron chi connectivity index (χ3n) is 5.13. The summed E-state index contributed by atoms with van der Waals surface area (Å²) < 4.78 is 0. The molecule has 2 rings (SSSR count). The van der Waals surface area contributed by atoms with Crippen molar-refractivity contribution in [1.29, 1.82) is 0 Å². The molecule has 0 spiro atoms. The Kier molecular flexibility index (Phi) is 9.37. The molecule has 24 heavy (non-hydrogen) atoms. The van der Waals surface area contributed by atoms with E-state index in [1.165, 1.54) is 12.8 Å². The number of carbonyl (C=O) groups excluding carboxylic acids is 1. The molecule has 140 valence electrons. The summed E-state index contributed by atoms with van der Waals surface area (Å²) in [7, 11) is 1.83. The van der Waals surface area contributed by atoms with Gasteiger partial charge in [0.2, 0.25) is 5.91 Å². The molecule has 5 nitrogen and oxygen atoms in total. The molecule has 0 bridgehead atoms. The lowest BCUT2D eigenvalue weighted by Crippen LogP contribution is -2.49. The van der Waals surface area contributed by atoms with Gasteiger partial charge in [0.05, 0.1) is 0 Å². The van der Waals surface area contributed by atoms with E-state index in [0.29, 0.717) is 30.8 Å². The second-order valence-corrected chi connectivity index (χ2v) is 7.51. The fraction of sp³-hybridized carbons (Fsp3) is 0.889. The van der Waals surface area contributed by atoms with Crippen molar-refractivity contribution in [2.24, 2.45) is 16.8 Å². The zero-order valence-corrected chi connectivity index (χ0v) is 18.1. The van der Waals surface area contributed by atoms with Gasteiger partial charge in [-0.2, -0.15) is 0 Å². The van der Waals surface area contributed by atoms with Gasteiger partial charge in [0.25, 0.3) is 0 Å². The molecule has 2 aliphatic heterocycles. The summed E-state index contributed by atoms with van der Waals surface area (Å²) in [5.41, 5.74) is 0. The summed E-state index contributed by atoms with van der Waals surface area (Å²) >= 11 is 0. The molecule has 0 aromatic heterocycles. The maximum Gasteiger partial charge on any atom is 0.224 e. The number of aliphatic imine (C=N–C) groups is 1. The van der Waals surface area contributed by atoms with E-state index in [9.17, 15) is 4.79 Å². The number of hydrogen-bond donors (Lipinski definition) is 1. The number of rotatable bonds is 3. The number of likely N-dealkylation sites (tertiary alicyclic amines) is 2. The van der Waals surface area contributed by atoms with Crippen LogP contribution in [-0.4, -0.2) is 60.9 Å². The van der Waals surface area contributed by atoms with Gasteiger partial charge in [-0.3, -0.25) is 9.79 Å². The van der Waals surface area contributed by atoms with Crippen LogP contribution in [0.4, 0.5) is 0 Å². The standard InChI is InChI=1S/C18H34N4O.HI/c1-14-11-15(2)13-21(12-14)18(19-4)20-9-8-17(23)22-10-6-5-7-16(22)3;/h14-16H,5-13H2,1-4H3,(H,19,20);1H. The fourth-order valence-electron chi connectivity index (χ4n) is 4.06. The summed E-state index contributed by atoms with van der Waals surface area (Å²) in [5.74, 6) is 2.63. The summed E-state index contributed by atoms with van der Waals surface area (Å²) in [4.78, 5) is 21.2. The lowest BCUT2D eigenvalue weighted by atomic mass is 9.92. The smallest absolute Gasteiger partial charge is 0.224 e. The molecule has 2 aliphatic rings. The quantitative estimate of drug-likeness (QED) is 0.409. The first-order chi connectivity index (χ1) is 11.0. The highest BCUT2D eigenvalue weighted by Crippen LogP contribution is 2.21. The third kappa shape index (κ3) is 6.08. The van der Waals surface area contributed by atoms with E-state index in [2.05, 4.69) is 40.9 Å². The monoisotopic (exact) mass is 450 g/mol. The molecule has 3 atom stereocenters. The van der Waals surface area contributed by atoms with Crippen LogP contribution in [0.1, 0.15) is 52.9 Å². The summed E-state index contributed by atoms with van der Waals surface area (Å²) in [6, 6.07) is 0.402. The predicted octanol–water partition coefficient (Wildman–Crippen LogP) is 2.95. The van der Waals surface area contributed by atoms with Gasteiger partial charge in [0.1, 0.15) is 0 Å². The van der Waals surface area contributed by atoms with Crippen molar-refractivity contribution in [3.8, 4) is 0 Å². The van der Waals surface area contributed by atoms with Gasteiger partial charge in [0.15, 0.2) is 5.96 Å². The Morgan fingerprint density at radius 2 is 1.83 bits per heavy atom. The van der Waals surface area contributed by atoms with Crippen LogP contribution in [0.15, 0.2) is 4.99 Å². The molecule has 2 heterocycles. The van der Waals surface area contributed by atoms with Crippen molar-refractivity contribution in [1.82, 2.24) is 15.1 Å². The maximum atomic E-state index is 12.4. The van der Waals surface area contributed by atoms with E-state index >= 15 is 0 Å². The van der Waals surface area contributed by atoms with Crippen molar-refractivity contribution < 1.29 is 4.79 Å². The first kappa shape index (κ1) is 21.5. The zero-order valence-electron chi connectivity index (χ0n) is 15.8. The van der Waals surface area contributed by atoms with Gasteiger partial charge >= 0.3 is 0 Å². The molecule has 2 fully saturated rings. The van der Waals surface area contributed by atoms with Crippen molar-refractivity contribution in [3.05, 3.63) is 0 Å². The number of piperidine rings is 2. The molecule has 0 aromatic carbocycles. The molecule has 6 heteroatoms. The van der Waals surface area contributed by atoms with Crippen LogP contribution in [0.2, 0.25) is 0 Å². The molecular formula is C18H35IN4O. The third-order valence-corrected chi connectivity index (χ3v) is 5.13. The second kappa shape index (κ2) is 10.5. The highest BCUT2D eigenvalue weighted by atomic mass is 127. The number of amides is 1. The summed E-state index contributed by atoms with van der Waals surface area (Å²) in [5, 5.41) is 3.39. The van der Waals surface area contributed by atoms with E-state index in [-0.39, 0.29) is 29.9 Å². The van der Waals surface area contributed by atoms with E-state index in [1.54, 1.807) is 0 Å². The Morgan fingerprint density at radius 1 is 1.17 bits per heavy atom. The van der Waals surface area contributed by atoms with E-state index in [1.807, 2.05) is 7.05 Å². The fourth-order valence-corrected chi connectivity index (χ4v) is 4.06. The van der Waals surface area contributed by atoms with Crippen LogP contribution in [0.3, 0.4) is 0 Å². The Balaban J connectivity index is 0.00000288. The number of nitrogens with one attached hydrogen (secondary N) is 1. The SMILES string of the molecule is CN=C(NCCC(=O)N1CCCCC1C)N1CC(C)CC(C)C1.I. The van der Waals surface area contributed by atoms with Gasteiger partial charge in [-0.25, -0.2) is 0 Å². The topological polar surface area (TPSA) is 47.9 Å². The minimum atomic E-state index is 0. The molecule has 2 saturated heterocycles. The second-order valence-electron chi connectivity index (χ2n) is 7.51. The first-order valence-electron chi connectivity index (χ1n) is 9.26. The highest BCUT2D eigenvalue weighted by molar-refractivity contribution is 14.0. The highest BCUT2D eigenvalue weighted by Gasteiger charge is 2.25. The van der Waals surface area contributed by atoms with Crippen LogP contribution < -0.4 is 5.32 Å². The lowest BCUT2D eigenvalue weighted by molar-refractivity contribution is -0.134. The van der Waals surface area contributed by atoms with Crippen LogP contribution >= 0.6 is 24.0 Å². The molecule has 1 amide bonds. The summed E-state index contributed by atoms with van der Waals surface area (Å²) in [6.45, 7) is 10.5. The normalized spacial score (nSPS) is 28.3. The van der Waals surface area contributed by atoms with E-state index in [4.69, 9.17) is 0 Å². The minimum absolute atomic E-state index is 0. The summed E-state index contributed by atoms with van der Waals surface area (Å²) in [6.07, 6.45) is 5.39. The van der Waals surface area contributed by atoms with Gasteiger partial charge in [-0.15, -0.1) is 24.0 Å². The van der Waals surface area contributed by atoms with Gasteiger partial charge in [0, 0.05) is 45.7 Å². The van der Waals surface area contributed by atoms with Crippen molar-refractivity contribution in [2.45, 2.75) is 58.9 Å². The van der Waals surface area contributed by atoms with E-state index in [0.717, 1.165) is 38.4 Å². The Morgan fingerprint density at radius 3 is 2.42 bits per heavy atom. The van der Waals surface area contributed by atoms with Crippen molar-refractivity contribution in [2.75, 3.05) is 33.2 Å². The van der Waals surface area contributed by atoms with Crippen LogP contribution in [0, 0.1) is 11.8 Å². The molecule has 0 aliphatic carbocycles. The average molecular weight is 450 g/mol. The predicted molar refractivity (Wildman–Crippen MR) is 111 cm³/mol. The number of nitrogens with zero attached hydrogens (tertiary/aromatic N) is 3. The molecule has 0 aromatic rings. The number of halogens is 1. The molecule has 0 saturated carbocycles. The minimum Gasteiger partial charge on any atom is -0.356 e. The Hall–Kier alpha value is -0.530. The van der Waals surface area contributed by atoms with Gasteiger partial charge < -0.3 is 15.1 Å². The number of carbonyl (C=O) groups is 1. The molecular weight excluding hydrogens is 415 g/mol. The van der Waals surface area contributed by atoms with Crippen LogP contribution in [0.5, 0.6) is 0 Å². The maximum absolute atomic E-state index is 12.4. The van der Waals surface area contributed by atoms with Crippen molar-refractivity contribution in [3.63, 3.8) is 0 Å². The van der Waals surface area contributed by atoms with E-state index < -0.39 is 0 Å². The molecule has 3 unspecified atom stereocenters. The van der Waals surface area contributed by atoms with Crippen LogP contribution in [-0.2, 0) is 4.79 Å². The van der Waals surface area contributed by atoms with Crippen LogP contribution in [0.25, 0.3) is 0 Å². The average Bonchev–Trinajstić information content (AvgIpc) is 2.50. The zero-order chi connectivity index (χ0) is 16.8. The van der Waals surface area contributed by atoms with Gasteiger partial charge in [-0.1, -0.05) is 13.8 Å². The number of guanidine groups is 1. The van der Waals surface area contributed by atoms with Crippen molar-refractivity contribution >= 4 is 35.8 Å². The Labute approximate surface area is 164 Å². The number of hydrogen-bond acceptors (Lipinski definition) is 2. The molecule has 1 N–H and O–H groups in total. The molecule has 0 radical (unpaired) electrons. The lowest BCUT2D eigenvalue weighted by Gasteiger charge is -2.37. The largest absolute Gasteiger partial charge is 0.356 e.